The molecule has 0 unspecified atom stereocenters. The second-order valence-corrected chi connectivity index (χ2v) is 9.54. The van der Waals surface area contributed by atoms with Crippen LogP contribution in [0.25, 0.3) is 0 Å². The zero-order chi connectivity index (χ0) is 15.0. The third-order valence-electron chi connectivity index (χ3n) is 3.69. The van der Waals surface area contributed by atoms with E-state index in [4.69, 9.17) is 0 Å². The first-order valence-electron chi connectivity index (χ1n) is 6.76. The Morgan fingerprint density at radius 3 is 2.86 bits per heavy atom. The lowest BCUT2D eigenvalue weighted by molar-refractivity contribution is 0.581. The molecule has 0 fully saturated rings. The summed E-state index contributed by atoms with van der Waals surface area (Å²) >= 11 is 4.49. The van der Waals surface area contributed by atoms with Gasteiger partial charge in [-0.3, -0.25) is 4.68 Å². The SMILES string of the molecule is Cn1nc(CNS(=O)(=O)c2ccc(Br)s2)c2c1CCCC2. The number of nitrogens with zero attached hydrogens (tertiary/aromatic N) is 2. The first-order valence-corrected chi connectivity index (χ1v) is 9.85. The van der Waals surface area contributed by atoms with Crippen molar-refractivity contribution in [3.8, 4) is 0 Å². The molecule has 0 spiro atoms. The maximum Gasteiger partial charge on any atom is 0.250 e. The zero-order valence-corrected chi connectivity index (χ0v) is 14.8. The van der Waals surface area contributed by atoms with Crippen LogP contribution < -0.4 is 4.72 Å². The minimum Gasteiger partial charge on any atom is -0.272 e. The summed E-state index contributed by atoms with van der Waals surface area (Å²) in [5.74, 6) is 0. The predicted octanol–water partition coefficient (Wildman–Crippen LogP) is 2.60. The molecule has 5 nitrogen and oxygen atoms in total. The van der Waals surface area contributed by atoms with E-state index in [1.165, 1.54) is 29.0 Å². The molecule has 8 heteroatoms. The molecule has 0 atom stereocenters. The molecule has 2 aromatic heterocycles. The van der Waals surface area contributed by atoms with Crippen molar-refractivity contribution < 1.29 is 8.42 Å². The van der Waals surface area contributed by atoms with E-state index in [1.807, 2.05) is 11.7 Å². The smallest absolute Gasteiger partial charge is 0.250 e. The monoisotopic (exact) mass is 389 g/mol. The summed E-state index contributed by atoms with van der Waals surface area (Å²) < 4.78 is 30.1. The molecule has 0 aliphatic heterocycles. The van der Waals surface area contributed by atoms with E-state index in [1.54, 1.807) is 12.1 Å². The highest BCUT2D eigenvalue weighted by atomic mass is 79.9. The van der Waals surface area contributed by atoms with Gasteiger partial charge in [0.1, 0.15) is 4.21 Å². The first kappa shape index (κ1) is 15.2. The maximum atomic E-state index is 12.2. The fourth-order valence-electron chi connectivity index (χ4n) is 2.68. The number of fused-ring (bicyclic) bond motifs is 1. The summed E-state index contributed by atoms with van der Waals surface area (Å²) in [6.45, 7) is 0.251. The number of hydrogen-bond acceptors (Lipinski definition) is 4. The summed E-state index contributed by atoms with van der Waals surface area (Å²) in [6, 6.07) is 3.34. The molecule has 2 heterocycles. The third kappa shape index (κ3) is 3.08. The second kappa shape index (κ2) is 5.83. The van der Waals surface area contributed by atoms with E-state index >= 15 is 0 Å². The van der Waals surface area contributed by atoms with Crippen LogP contribution in [0.3, 0.4) is 0 Å². The summed E-state index contributed by atoms with van der Waals surface area (Å²) in [5.41, 5.74) is 3.32. The van der Waals surface area contributed by atoms with E-state index in [2.05, 4.69) is 25.8 Å². The Labute approximate surface area is 136 Å². The minimum absolute atomic E-state index is 0.251. The lowest BCUT2D eigenvalue weighted by atomic mass is 9.96. The number of thiophene rings is 1. The van der Waals surface area contributed by atoms with E-state index in [9.17, 15) is 8.42 Å². The van der Waals surface area contributed by atoms with Crippen molar-refractivity contribution in [1.29, 1.82) is 0 Å². The predicted molar refractivity (Wildman–Crippen MR) is 85.9 cm³/mol. The van der Waals surface area contributed by atoms with Gasteiger partial charge in [0.05, 0.1) is 16.0 Å². The van der Waals surface area contributed by atoms with E-state index in [-0.39, 0.29) is 6.54 Å². The van der Waals surface area contributed by atoms with Crippen molar-refractivity contribution in [2.75, 3.05) is 0 Å². The van der Waals surface area contributed by atoms with Crippen LogP contribution in [-0.2, 0) is 36.5 Å². The van der Waals surface area contributed by atoms with Gasteiger partial charge in [0.25, 0.3) is 0 Å². The Morgan fingerprint density at radius 1 is 1.38 bits per heavy atom. The molecule has 0 saturated heterocycles. The highest BCUT2D eigenvalue weighted by Crippen LogP contribution is 2.27. The van der Waals surface area contributed by atoms with Crippen LogP contribution in [0.5, 0.6) is 0 Å². The molecule has 1 aliphatic carbocycles. The van der Waals surface area contributed by atoms with Crippen molar-refractivity contribution >= 4 is 37.3 Å². The van der Waals surface area contributed by atoms with Crippen LogP contribution in [0, 0.1) is 0 Å². The molecule has 0 bridgehead atoms. The highest BCUT2D eigenvalue weighted by Gasteiger charge is 2.22. The van der Waals surface area contributed by atoms with Gasteiger partial charge in [0.15, 0.2) is 0 Å². The number of rotatable bonds is 4. The second-order valence-electron chi connectivity index (χ2n) is 5.09. The molecule has 0 saturated carbocycles. The van der Waals surface area contributed by atoms with Crippen LogP contribution in [0.1, 0.15) is 29.8 Å². The number of halogens is 1. The van der Waals surface area contributed by atoms with Gasteiger partial charge in [-0.1, -0.05) is 0 Å². The van der Waals surface area contributed by atoms with Crippen molar-refractivity contribution in [2.45, 2.75) is 36.4 Å². The van der Waals surface area contributed by atoms with Gasteiger partial charge in [0, 0.05) is 12.7 Å². The number of hydrogen-bond donors (Lipinski definition) is 1. The fourth-order valence-corrected chi connectivity index (χ4v) is 5.72. The van der Waals surface area contributed by atoms with Crippen molar-refractivity contribution in [1.82, 2.24) is 14.5 Å². The fraction of sp³-hybridized carbons (Fsp3) is 0.462. The van der Waals surface area contributed by atoms with Gasteiger partial charge in [-0.2, -0.15) is 5.10 Å². The first-order chi connectivity index (χ1) is 9.97. The molecular weight excluding hydrogens is 374 g/mol. The normalized spacial score (nSPS) is 15.1. The number of aromatic nitrogens is 2. The van der Waals surface area contributed by atoms with Crippen LogP contribution in [0.2, 0.25) is 0 Å². The number of aryl methyl sites for hydroxylation is 1. The molecule has 1 N–H and O–H groups in total. The van der Waals surface area contributed by atoms with Gasteiger partial charge in [-0.15, -0.1) is 11.3 Å². The lowest BCUT2D eigenvalue weighted by Gasteiger charge is -2.12. The Morgan fingerprint density at radius 2 is 2.14 bits per heavy atom. The summed E-state index contributed by atoms with van der Waals surface area (Å²) in [5, 5.41) is 4.48. The number of sulfonamides is 1. The van der Waals surface area contributed by atoms with Crippen molar-refractivity contribution in [3.05, 3.63) is 32.9 Å². The highest BCUT2D eigenvalue weighted by molar-refractivity contribution is 9.11. The maximum absolute atomic E-state index is 12.2. The van der Waals surface area contributed by atoms with Crippen LogP contribution in [0.4, 0.5) is 0 Å². The average molecular weight is 390 g/mol. The van der Waals surface area contributed by atoms with Gasteiger partial charge < -0.3 is 0 Å². The summed E-state index contributed by atoms with van der Waals surface area (Å²) in [6.07, 6.45) is 4.35. The zero-order valence-electron chi connectivity index (χ0n) is 11.6. The Kier molecular flexibility index (Phi) is 4.22. The molecule has 2 aromatic rings. The van der Waals surface area contributed by atoms with Crippen molar-refractivity contribution in [2.24, 2.45) is 7.05 Å². The topological polar surface area (TPSA) is 64.0 Å². The molecule has 3 rings (SSSR count). The molecule has 114 valence electrons. The van der Waals surface area contributed by atoms with E-state index < -0.39 is 10.0 Å². The van der Waals surface area contributed by atoms with Crippen molar-refractivity contribution in [3.63, 3.8) is 0 Å². The van der Waals surface area contributed by atoms with Crippen LogP contribution >= 0.6 is 27.3 Å². The van der Waals surface area contributed by atoms with Crippen LogP contribution in [0.15, 0.2) is 20.1 Å². The van der Waals surface area contributed by atoms with E-state index in [0.717, 1.165) is 28.7 Å². The van der Waals surface area contributed by atoms with Crippen LogP contribution in [-0.4, -0.2) is 18.2 Å². The lowest BCUT2D eigenvalue weighted by Crippen LogP contribution is -2.23. The van der Waals surface area contributed by atoms with Gasteiger partial charge in [0.2, 0.25) is 10.0 Å². The average Bonchev–Trinajstić information content (AvgIpc) is 3.02. The largest absolute Gasteiger partial charge is 0.272 e. The van der Waals surface area contributed by atoms with E-state index in [0.29, 0.717) is 4.21 Å². The Hall–Kier alpha value is -0.700. The molecule has 21 heavy (non-hydrogen) atoms. The summed E-state index contributed by atoms with van der Waals surface area (Å²) in [4.78, 5) is 0. The molecule has 0 radical (unpaired) electrons. The van der Waals surface area contributed by atoms with Gasteiger partial charge in [-0.05, 0) is 59.3 Å². The standard InChI is InChI=1S/C13H16BrN3O2S2/c1-17-11-5-3-2-4-9(11)10(16-17)8-15-21(18,19)13-7-6-12(14)20-13/h6-7,15H,2-5,8H2,1H3. The molecule has 0 amide bonds. The minimum atomic E-state index is -3.47. The Balaban J connectivity index is 1.79. The third-order valence-corrected chi connectivity index (χ3v) is 7.21. The summed E-state index contributed by atoms with van der Waals surface area (Å²) in [7, 11) is -1.54. The van der Waals surface area contributed by atoms with Gasteiger partial charge in [-0.25, -0.2) is 13.1 Å². The Bertz CT molecular complexity index is 764. The van der Waals surface area contributed by atoms with Gasteiger partial charge >= 0.3 is 0 Å². The molecule has 0 aromatic carbocycles. The molecule has 1 aliphatic rings. The molecular formula is C13H16BrN3O2S2. The number of nitrogens with one attached hydrogen (secondary N) is 1. The quantitative estimate of drug-likeness (QED) is 0.873.